The predicted molar refractivity (Wildman–Crippen MR) is 187 cm³/mol. The minimum absolute atomic E-state index is 0.122. The molecule has 0 atom stereocenters. The van der Waals surface area contributed by atoms with E-state index in [1.807, 2.05) is 31.3 Å². The van der Waals surface area contributed by atoms with Gasteiger partial charge in [0, 0.05) is 48.2 Å². The van der Waals surface area contributed by atoms with Crippen molar-refractivity contribution in [3.63, 3.8) is 0 Å². The molecule has 1 aliphatic heterocycles. The predicted octanol–water partition coefficient (Wildman–Crippen LogP) is 8.36. The number of carbonyl (C=O) groups excluding carboxylic acids is 1. The molecule has 1 aliphatic carbocycles. The van der Waals surface area contributed by atoms with Crippen LogP contribution >= 0.6 is 0 Å². The van der Waals surface area contributed by atoms with E-state index in [-0.39, 0.29) is 5.41 Å². The van der Waals surface area contributed by atoms with E-state index in [4.69, 9.17) is 9.72 Å². The Balaban J connectivity index is 0.962. The summed E-state index contributed by atoms with van der Waals surface area (Å²) >= 11 is 0. The SMILES string of the molecule is Cc1ccc(NCCCOc2ccc(C(C)(C)c3ccc(CCc4ccnc(N5CCC6(CCC6)CC5)n4)cc3)cc2)cc1C=O. The van der Waals surface area contributed by atoms with Crippen LogP contribution in [0, 0.1) is 12.3 Å². The molecule has 6 rings (SSSR count). The molecule has 1 saturated carbocycles. The molecule has 1 spiro atoms. The quantitative estimate of drug-likeness (QED) is 0.120. The molecule has 6 heteroatoms. The first-order chi connectivity index (χ1) is 22.3. The van der Waals surface area contributed by atoms with E-state index in [1.54, 1.807) is 0 Å². The first-order valence-electron chi connectivity index (χ1n) is 17.0. The molecular weight excluding hydrogens is 568 g/mol. The number of benzene rings is 3. The topological polar surface area (TPSA) is 67.3 Å². The van der Waals surface area contributed by atoms with E-state index in [9.17, 15) is 4.79 Å². The number of nitrogens with one attached hydrogen (secondary N) is 1. The second-order valence-electron chi connectivity index (χ2n) is 13.9. The number of ether oxygens (including phenoxy) is 1. The maximum Gasteiger partial charge on any atom is 0.225 e. The van der Waals surface area contributed by atoms with Gasteiger partial charge in [0.25, 0.3) is 0 Å². The Hall–Kier alpha value is -4.19. The number of carbonyl (C=O) groups is 1. The van der Waals surface area contributed by atoms with Crippen LogP contribution in [-0.4, -0.2) is 42.5 Å². The largest absolute Gasteiger partial charge is 0.494 e. The molecule has 46 heavy (non-hydrogen) atoms. The van der Waals surface area contributed by atoms with Gasteiger partial charge in [-0.2, -0.15) is 0 Å². The molecule has 2 fully saturated rings. The zero-order valence-electron chi connectivity index (χ0n) is 27.7. The summed E-state index contributed by atoms with van der Waals surface area (Å²) in [5, 5.41) is 3.37. The number of hydrogen-bond donors (Lipinski definition) is 1. The first kappa shape index (κ1) is 31.8. The standard InChI is InChI=1S/C40H48N4O2/c1-30-6-14-36(28-32(30)29-45)41-23-5-27-46-37-16-12-34(13-17-37)39(2,3)33-10-7-31(8-11-33)9-15-35-18-24-42-38(43-35)44-25-21-40(22-26-44)19-4-20-40/h6-8,10-14,16-18,24,28-29,41H,4-5,9,15,19-23,25-27H2,1-3H3. The second-order valence-corrected chi connectivity index (χ2v) is 13.9. The third kappa shape index (κ3) is 7.43. The Bertz CT molecular complexity index is 1600. The van der Waals surface area contributed by atoms with Crippen molar-refractivity contribution in [2.24, 2.45) is 5.41 Å². The van der Waals surface area contributed by atoms with Gasteiger partial charge in [-0.25, -0.2) is 9.97 Å². The minimum Gasteiger partial charge on any atom is -0.494 e. The van der Waals surface area contributed by atoms with Gasteiger partial charge in [-0.05, 0) is 110 Å². The third-order valence-corrected chi connectivity index (χ3v) is 10.5. The fourth-order valence-electron chi connectivity index (χ4n) is 6.90. The molecule has 0 radical (unpaired) electrons. The van der Waals surface area contributed by atoms with Crippen molar-refractivity contribution < 1.29 is 9.53 Å². The van der Waals surface area contributed by atoms with Gasteiger partial charge in [0.05, 0.1) is 6.61 Å². The highest BCUT2D eigenvalue weighted by atomic mass is 16.5. The van der Waals surface area contributed by atoms with Crippen molar-refractivity contribution in [3.05, 3.63) is 113 Å². The molecule has 0 bridgehead atoms. The van der Waals surface area contributed by atoms with Gasteiger partial charge in [-0.15, -0.1) is 0 Å². The summed E-state index contributed by atoms with van der Waals surface area (Å²) < 4.78 is 6.01. The molecule has 1 aromatic heterocycles. The fraction of sp³-hybridized carbons (Fsp3) is 0.425. The molecule has 0 unspecified atom stereocenters. The van der Waals surface area contributed by atoms with Crippen LogP contribution in [0.5, 0.6) is 5.75 Å². The van der Waals surface area contributed by atoms with Crippen LogP contribution in [0.15, 0.2) is 79.0 Å². The van der Waals surface area contributed by atoms with Gasteiger partial charge >= 0.3 is 0 Å². The Labute approximate surface area is 274 Å². The highest BCUT2D eigenvalue weighted by Gasteiger charge is 2.39. The van der Waals surface area contributed by atoms with Gasteiger partial charge in [0.2, 0.25) is 5.95 Å². The molecule has 2 aliphatic rings. The first-order valence-corrected chi connectivity index (χ1v) is 17.0. The molecule has 3 aromatic carbocycles. The normalized spacial score (nSPS) is 15.8. The van der Waals surface area contributed by atoms with Crippen LogP contribution in [0.25, 0.3) is 0 Å². The van der Waals surface area contributed by atoms with Crippen molar-refractivity contribution in [2.45, 2.75) is 77.6 Å². The lowest BCUT2D eigenvalue weighted by molar-refractivity contribution is 0.0950. The number of nitrogens with zero attached hydrogens (tertiary/aromatic N) is 3. The van der Waals surface area contributed by atoms with E-state index >= 15 is 0 Å². The highest BCUT2D eigenvalue weighted by Crippen LogP contribution is 2.49. The number of aromatic nitrogens is 2. The summed E-state index contributed by atoms with van der Waals surface area (Å²) in [6.45, 7) is 10.1. The smallest absolute Gasteiger partial charge is 0.225 e. The molecule has 1 N–H and O–H groups in total. The van der Waals surface area contributed by atoms with Crippen LogP contribution < -0.4 is 15.0 Å². The molecule has 0 amide bonds. The number of aldehydes is 1. The van der Waals surface area contributed by atoms with Gasteiger partial charge in [-0.1, -0.05) is 62.7 Å². The van der Waals surface area contributed by atoms with Gasteiger partial charge in [0.15, 0.2) is 0 Å². The number of piperidine rings is 1. The van der Waals surface area contributed by atoms with Crippen molar-refractivity contribution in [3.8, 4) is 5.75 Å². The van der Waals surface area contributed by atoms with E-state index in [0.29, 0.717) is 12.0 Å². The van der Waals surface area contributed by atoms with Crippen molar-refractivity contribution in [1.82, 2.24) is 9.97 Å². The molecular formula is C40H48N4O2. The van der Waals surface area contributed by atoms with Crippen LogP contribution in [-0.2, 0) is 18.3 Å². The Morgan fingerprint density at radius 3 is 2.30 bits per heavy atom. The second kappa shape index (κ2) is 14.1. The summed E-state index contributed by atoms with van der Waals surface area (Å²) in [6.07, 6.45) is 12.4. The van der Waals surface area contributed by atoms with Crippen LogP contribution in [0.4, 0.5) is 11.6 Å². The van der Waals surface area contributed by atoms with E-state index < -0.39 is 0 Å². The van der Waals surface area contributed by atoms with E-state index in [2.05, 4.69) is 83.6 Å². The number of aryl methyl sites for hydroxylation is 3. The summed E-state index contributed by atoms with van der Waals surface area (Å²) in [5.41, 5.74) is 8.19. The van der Waals surface area contributed by atoms with E-state index in [0.717, 1.165) is 79.4 Å². The maximum atomic E-state index is 11.2. The van der Waals surface area contributed by atoms with Crippen LogP contribution in [0.1, 0.15) is 90.7 Å². The molecule has 6 nitrogen and oxygen atoms in total. The Morgan fingerprint density at radius 2 is 1.63 bits per heavy atom. The monoisotopic (exact) mass is 616 g/mol. The minimum atomic E-state index is -0.122. The summed E-state index contributed by atoms with van der Waals surface area (Å²) in [4.78, 5) is 23.1. The lowest BCUT2D eigenvalue weighted by atomic mass is 9.63. The van der Waals surface area contributed by atoms with Crippen molar-refractivity contribution in [2.75, 3.05) is 36.5 Å². The van der Waals surface area contributed by atoms with Gasteiger partial charge in [0.1, 0.15) is 12.0 Å². The summed E-state index contributed by atoms with van der Waals surface area (Å²) in [7, 11) is 0. The van der Waals surface area contributed by atoms with Gasteiger partial charge in [-0.3, -0.25) is 4.79 Å². The van der Waals surface area contributed by atoms with E-state index in [1.165, 1.54) is 48.8 Å². The summed E-state index contributed by atoms with van der Waals surface area (Å²) in [5.74, 6) is 1.79. The number of anilines is 2. The number of rotatable bonds is 13. The lowest BCUT2D eigenvalue weighted by Crippen LogP contribution is -2.44. The average Bonchev–Trinajstić information content (AvgIpc) is 3.08. The number of hydrogen-bond acceptors (Lipinski definition) is 6. The highest BCUT2D eigenvalue weighted by molar-refractivity contribution is 5.79. The lowest BCUT2D eigenvalue weighted by Gasteiger charge is -2.48. The third-order valence-electron chi connectivity index (χ3n) is 10.5. The average molecular weight is 617 g/mol. The van der Waals surface area contributed by atoms with Crippen molar-refractivity contribution in [1.29, 1.82) is 0 Å². The molecule has 240 valence electrons. The zero-order chi connectivity index (χ0) is 32.0. The van der Waals surface area contributed by atoms with Crippen LogP contribution in [0.3, 0.4) is 0 Å². The van der Waals surface area contributed by atoms with Crippen LogP contribution in [0.2, 0.25) is 0 Å². The molecule has 4 aromatic rings. The zero-order valence-corrected chi connectivity index (χ0v) is 27.7. The maximum absolute atomic E-state index is 11.2. The van der Waals surface area contributed by atoms with Gasteiger partial charge < -0.3 is 15.0 Å². The Morgan fingerprint density at radius 1 is 0.913 bits per heavy atom. The molecule has 1 saturated heterocycles. The molecule has 2 heterocycles. The fourth-order valence-corrected chi connectivity index (χ4v) is 6.90. The summed E-state index contributed by atoms with van der Waals surface area (Å²) in [6, 6.07) is 25.5. The van der Waals surface area contributed by atoms with Crippen molar-refractivity contribution >= 4 is 17.9 Å². The Kier molecular flexibility index (Phi) is 9.72.